The van der Waals surface area contributed by atoms with E-state index < -0.39 is 0 Å². The molecule has 0 aromatic heterocycles. The van der Waals surface area contributed by atoms with Crippen molar-refractivity contribution in [1.29, 1.82) is 0 Å². The smallest absolute Gasteiger partial charge is 0.0565 e. The van der Waals surface area contributed by atoms with Gasteiger partial charge in [-0.3, -0.25) is 0 Å². The summed E-state index contributed by atoms with van der Waals surface area (Å²) in [6.45, 7) is 0.112. The van der Waals surface area contributed by atoms with E-state index >= 15 is 0 Å². The Bertz CT molecular complexity index is 705. The lowest BCUT2D eigenvalue weighted by atomic mass is 9.98. The van der Waals surface area contributed by atoms with E-state index in [0.717, 1.165) is 23.4 Å². The summed E-state index contributed by atoms with van der Waals surface area (Å²) in [7, 11) is 0. The van der Waals surface area contributed by atoms with Gasteiger partial charge in [-0.15, -0.1) is 23.5 Å². The molecule has 3 atom stereocenters. The highest BCUT2D eigenvalue weighted by Gasteiger charge is 2.29. The third-order valence-electron chi connectivity index (χ3n) is 4.58. The average molecular weight is 395 g/mol. The molecule has 0 unspecified atom stereocenters. The minimum absolute atomic E-state index is 0.104. The molecule has 0 amide bonds. The minimum atomic E-state index is -0.346. The van der Waals surface area contributed by atoms with E-state index in [2.05, 4.69) is 36.6 Å². The number of rotatable bonds is 5. The quantitative estimate of drug-likeness (QED) is 0.704. The van der Waals surface area contributed by atoms with Crippen LogP contribution in [0.1, 0.15) is 34.8 Å². The second-order valence-electron chi connectivity index (χ2n) is 6.43. The van der Waals surface area contributed by atoms with Gasteiger partial charge >= 0.3 is 0 Å². The van der Waals surface area contributed by atoms with Crippen molar-refractivity contribution in [3.8, 4) is 0 Å². The summed E-state index contributed by atoms with van der Waals surface area (Å²) in [4.78, 5) is 1.26. The molecule has 1 heterocycles. The Morgan fingerprint density at radius 2 is 1.92 bits per heavy atom. The van der Waals surface area contributed by atoms with Crippen LogP contribution in [0.3, 0.4) is 0 Å². The fraction of sp³-hybridized carbons (Fsp3) is 0.400. The Kier molecular flexibility index (Phi) is 6.75. The van der Waals surface area contributed by atoms with Gasteiger partial charge in [0.2, 0.25) is 0 Å². The first-order chi connectivity index (χ1) is 12.1. The molecule has 1 aliphatic rings. The molecule has 2 N–H and O–H groups in total. The summed E-state index contributed by atoms with van der Waals surface area (Å²) in [6.07, 6.45) is 3.92. The van der Waals surface area contributed by atoms with Crippen molar-refractivity contribution in [2.75, 3.05) is 12.9 Å². The fourth-order valence-corrected chi connectivity index (χ4v) is 5.33. The van der Waals surface area contributed by atoms with Crippen LogP contribution >= 0.6 is 35.1 Å². The standard InChI is InChI=1S/C20H23ClO2S2/c1-24-17-5-2-13(3-6-17)8-15-9-14(4-7-19(15)21)20-11-16(23)10-18(12-22)25-20/h2-7,9,16,18,20,22-23H,8,10-12H2,1H3/t16-,18-,20+/m0/s1. The molecule has 0 spiro atoms. The SMILES string of the molecule is CSc1ccc(Cc2cc([C@H]3C[C@@H](O)C[C@@H](CO)S3)ccc2Cl)cc1. The lowest BCUT2D eigenvalue weighted by Crippen LogP contribution is -2.26. The first-order valence-corrected chi connectivity index (χ1v) is 11.0. The molecule has 0 aliphatic carbocycles. The molecule has 2 nitrogen and oxygen atoms in total. The predicted molar refractivity (Wildman–Crippen MR) is 109 cm³/mol. The summed E-state index contributed by atoms with van der Waals surface area (Å²) in [5.41, 5.74) is 3.53. The highest BCUT2D eigenvalue weighted by molar-refractivity contribution is 8.00. The molecule has 0 bridgehead atoms. The number of hydrogen-bond acceptors (Lipinski definition) is 4. The first-order valence-electron chi connectivity index (χ1n) is 8.44. The molecule has 134 valence electrons. The van der Waals surface area contributed by atoms with Crippen LogP contribution in [0.25, 0.3) is 0 Å². The Morgan fingerprint density at radius 1 is 1.16 bits per heavy atom. The van der Waals surface area contributed by atoms with E-state index in [4.69, 9.17) is 11.6 Å². The Hall–Kier alpha value is -0.650. The molecular weight excluding hydrogens is 372 g/mol. The number of aliphatic hydroxyl groups excluding tert-OH is 2. The summed E-state index contributed by atoms with van der Waals surface area (Å²) in [5.74, 6) is 0. The van der Waals surface area contributed by atoms with Gasteiger partial charge in [0.15, 0.2) is 0 Å². The third kappa shape index (κ3) is 4.95. The van der Waals surface area contributed by atoms with Crippen LogP contribution in [0.2, 0.25) is 5.02 Å². The number of benzene rings is 2. The van der Waals surface area contributed by atoms with Crippen molar-refractivity contribution in [2.45, 2.75) is 40.8 Å². The maximum absolute atomic E-state index is 10.1. The van der Waals surface area contributed by atoms with Crippen LogP contribution in [-0.4, -0.2) is 34.4 Å². The second-order valence-corrected chi connectivity index (χ2v) is 9.22. The van der Waals surface area contributed by atoms with Crippen molar-refractivity contribution in [1.82, 2.24) is 0 Å². The summed E-state index contributed by atoms with van der Waals surface area (Å²) >= 11 is 9.92. The van der Waals surface area contributed by atoms with Crippen LogP contribution in [0.5, 0.6) is 0 Å². The van der Waals surface area contributed by atoms with E-state index in [-0.39, 0.29) is 23.2 Å². The minimum Gasteiger partial charge on any atom is -0.395 e. The molecule has 1 saturated heterocycles. The fourth-order valence-electron chi connectivity index (χ4n) is 3.22. The van der Waals surface area contributed by atoms with Crippen molar-refractivity contribution < 1.29 is 10.2 Å². The lowest BCUT2D eigenvalue weighted by molar-refractivity contribution is 0.137. The highest BCUT2D eigenvalue weighted by atomic mass is 35.5. The number of halogens is 1. The zero-order valence-corrected chi connectivity index (χ0v) is 16.6. The summed E-state index contributed by atoms with van der Waals surface area (Å²) in [6, 6.07) is 14.7. The number of hydrogen-bond donors (Lipinski definition) is 2. The third-order valence-corrected chi connectivity index (χ3v) is 7.21. The van der Waals surface area contributed by atoms with Crippen molar-refractivity contribution in [2.24, 2.45) is 0 Å². The van der Waals surface area contributed by atoms with Gasteiger partial charge in [0.25, 0.3) is 0 Å². The maximum Gasteiger partial charge on any atom is 0.0565 e. The molecule has 0 radical (unpaired) electrons. The van der Waals surface area contributed by atoms with E-state index in [0.29, 0.717) is 6.42 Å². The van der Waals surface area contributed by atoms with Crippen molar-refractivity contribution in [3.05, 3.63) is 64.2 Å². The zero-order chi connectivity index (χ0) is 17.8. The molecule has 3 rings (SSSR count). The van der Waals surface area contributed by atoms with Gasteiger partial charge in [-0.2, -0.15) is 0 Å². The second kappa shape index (κ2) is 8.83. The topological polar surface area (TPSA) is 40.5 Å². The van der Waals surface area contributed by atoms with Crippen LogP contribution in [0.4, 0.5) is 0 Å². The maximum atomic E-state index is 10.1. The zero-order valence-electron chi connectivity index (χ0n) is 14.2. The van der Waals surface area contributed by atoms with E-state index in [1.54, 1.807) is 23.5 Å². The Balaban J connectivity index is 1.79. The van der Waals surface area contributed by atoms with Crippen LogP contribution in [-0.2, 0) is 6.42 Å². The lowest BCUT2D eigenvalue weighted by Gasteiger charge is -2.31. The molecule has 5 heteroatoms. The van der Waals surface area contributed by atoms with Crippen LogP contribution in [0, 0.1) is 0 Å². The van der Waals surface area contributed by atoms with Gasteiger partial charge in [0.1, 0.15) is 0 Å². The Labute approximate surface area is 163 Å². The predicted octanol–water partition coefficient (Wildman–Crippen LogP) is 4.94. The van der Waals surface area contributed by atoms with E-state index in [1.165, 1.54) is 16.0 Å². The van der Waals surface area contributed by atoms with Crippen LogP contribution in [0.15, 0.2) is 47.4 Å². The molecule has 0 saturated carbocycles. The summed E-state index contributed by atoms with van der Waals surface area (Å²) < 4.78 is 0. The Morgan fingerprint density at radius 3 is 2.60 bits per heavy atom. The van der Waals surface area contributed by atoms with Crippen LogP contribution < -0.4 is 0 Å². The molecule has 2 aromatic rings. The molecule has 1 fully saturated rings. The molecule has 2 aromatic carbocycles. The molecule has 25 heavy (non-hydrogen) atoms. The largest absolute Gasteiger partial charge is 0.395 e. The molecular formula is C20H23ClO2S2. The number of aliphatic hydroxyl groups is 2. The average Bonchev–Trinajstić information content (AvgIpc) is 2.63. The normalized spacial score (nSPS) is 23.6. The van der Waals surface area contributed by atoms with Gasteiger partial charge in [-0.05, 0) is 60.4 Å². The number of thioether (sulfide) groups is 2. The van der Waals surface area contributed by atoms with Gasteiger partial charge < -0.3 is 10.2 Å². The van der Waals surface area contributed by atoms with Gasteiger partial charge in [0.05, 0.1) is 12.7 Å². The van der Waals surface area contributed by atoms with E-state index in [1.807, 2.05) is 12.1 Å². The van der Waals surface area contributed by atoms with Gasteiger partial charge in [-0.25, -0.2) is 0 Å². The molecule has 1 aliphatic heterocycles. The van der Waals surface area contributed by atoms with Gasteiger partial charge in [-0.1, -0.05) is 35.9 Å². The summed E-state index contributed by atoms with van der Waals surface area (Å²) in [5, 5.41) is 20.6. The van der Waals surface area contributed by atoms with E-state index in [9.17, 15) is 10.2 Å². The highest BCUT2D eigenvalue weighted by Crippen LogP contribution is 2.43. The van der Waals surface area contributed by atoms with Gasteiger partial charge in [0, 0.05) is 20.4 Å². The van der Waals surface area contributed by atoms with Crippen molar-refractivity contribution in [3.63, 3.8) is 0 Å². The first kappa shape index (κ1) is 19.1. The van der Waals surface area contributed by atoms with Crippen molar-refractivity contribution >= 4 is 35.1 Å². The monoisotopic (exact) mass is 394 g/mol.